The van der Waals surface area contributed by atoms with Gasteiger partial charge in [0.25, 0.3) is 5.56 Å². The van der Waals surface area contributed by atoms with Gasteiger partial charge in [-0.05, 0) is 0 Å². The van der Waals surface area contributed by atoms with Crippen molar-refractivity contribution in [1.82, 2.24) is 24.4 Å². The maximum Gasteiger partial charge on any atom is 0.413 e. The Balaban J connectivity index is 1.99. The number of nitrogens with one attached hydrogen (secondary N) is 1. The van der Waals surface area contributed by atoms with E-state index < -0.39 is 30.9 Å². The number of nitrogens with two attached hydrogens (primary N) is 1. The number of aromatic nitrogens is 4. The number of hydrogen-bond donors (Lipinski definition) is 5. The molecule has 1 saturated heterocycles. The van der Waals surface area contributed by atoms with Crippen LogP contribution >= 0.6 is 7.60 Å². The van der Waals surface area contributed by atoms with E-state index in [9.17, 15) is 19.3 Å². The van der Waals surface area contributed by atoms with Crippen LogP contribution in [0.3, 0.4) is 0 Å². The zero-order valence-corrected chi connectivity index (χ0v) is 12.4. The minimum Gasteiger partial charge on any atom is -0.389 e. The van der Waals surface area contributed by atoms with Crippen molar-refractivity contribution in [3.63, 3.8) is 0 Å². The number of amides is 1. The number of likely N-dealkylation sites (tertiary alicyclic amines) is 1. The number of aliphatic hydroxyl groups excluding tert-OH is 1. The fourth-order valence-corrected chi connectivity index (χ4v) is 3.10. The molecule has 1 aliphatic rings. The minimum absolute atomic E-state index is 0.00571. The predicted molar refractivity (Wildman–Crippen MR) is 76.6 cm³/mol. The molecule has 2 aromatic heterocycles. The second kappa shape index (κ2) is 5.13. The van der Waals surface area contributed by atoms with E-state index in [4.69, 9.17) is 15.5 Å². The van der Waals surface area contributed by atoms with E-state index >= 15 is 0 Å². The predicted octanol–water partition coefficient (Wildman–Crippen LogP) is -1.78. The highest BCUT2D eigenvalue weighted by Crippen LogP contribution is 2.40. The van der Waals surface area contributed by atoms with Gasteiger partial charge in [-0.1, -0.05) is 0 Å². The number of nitrogens with zero attached hydrogens (tertiary/aromatic N) is 4. The lowest BCUT2D eigenvalue weighted by Gasteiger charge is -2.17. The lowest BCUT2D eigenvalue weighted by Crippen LogP contribution is -2.28. The smallest absolute Gasteiger partial charge is 0.389 e. The normalized spacial score (nSPS) is 22.0. The van der Waals surface area contributed by atoms with Gasteiger partial charge >= 0.3 is 13.2 Å². The average molecular weight is 344 g/mol. The van der Waals surface area contributed by atoms with E-state index in [0.29, 0.717) is 0 Å². The molecule has 0 bridgehead atoms. The summed E-state index contributed by atoms with van der Waals surface area (Å²) < 4.78 is 12.4. The number of aliphatic hydroxyl groups is 1. The summed E-state index contributed by atoms with van der Waals surface area (Å²) in [5.41, 5.74) is 3.68. The maximum atomic E-state index is 11.7. The van der Waals surface area contributed by atoms with E-state index in [-0.39, 0.29) is 30.2 Å². The molecule has 0 aromatic carbocycles. The standard InChI is InChI=1S/C10H13N6O6P/c11-9-13-7-6(8(18)14-9)12-3-16(7)4-1-15(2-5(4)17)10(19)23(20,21)22/h3-5,17H,1-2H2,(H2,20,21,22)(H3,11,13,14,18)/t4-,5+/m0/s1. The highest BCUT2D eigenvalue weighted by molar-refractivity contribution is 7.69. The first-order valence-electron chi connectivity index (χ1n) is 6.44. The Morgan fingerprint density at radius 3 is 2.78 bits per heavy atom. The molecule has 1 amide bonds. The van der Waals surface area contributed by atoms with Crippen LogP contribution in [0.2, 0.25) is 0 Å². The molecular weight excluding hydrogens is 331 g/mol. The molecule has 3 rings (SSSR count). The van der Waals surface area contributed by atoms with Gasteiger partial charge < -0.3 is 30.1 Å². The van der Waals surface area contributed by atoms with Crippen molar-refractivity contribution in [3.05, 3.63) is 16.7 Å². The maximum absolute atomic E-state index is 11.7. The van der Waals surface area contributed by atoms with Gasteiger partial charge in [0, 0.05) is 13.1 Å². The number of imidazole rings is 1. The zero-order valence-electron chi connectivity index (χ0n) is 11.5. The number of anilines is 1. The van der Waals surface area contributed by atoms with Crippen LogP contribution in [0.5, 0.6) is 0 Å². The number of β-amino-alcohol motifs (C(OH)–C–C–N with tert-alkyl or cyclic N) is 1. The molecule has 0 saturated carbocycles. The Hall–Kier alpha value is -2.27. The molecule has 0 radical (unpaired) electrons. The van der Waals surface area contributed by atoms with Crippen molar-refractivity contribution >= 4 is 30.4 Å². The molecule has 0 aliphatic carbocycles. The van der Waals surface area contributed by atoms with Crippen molar-refractivity contribution in [2.24, 2.45) is 0 Å². The summed E-state index contributed by atoms with van der Waals surface area (Å²) in [6.45, 7) is -0.419. The van der Waals surface area contributed by atoms with Crippen LogP contribution in [-0.2, 0) is 4.57 Å². The molecule has 0 spiro atoms. The van der Waals surface area contributed by atoms with Crippen LogP contribution in [0.1, 0.15) is 6.04 Å². The molecule has 124 valence electrons. The molecule has 13 heteroatoms. The number of fused-ring (bicyclic) bond motifs is 1. The first-order chi connectivity index (χ1) is 10.7. The first-order valence-corrected chi connectivity index (χ1v) is 8.05. The van der Waals surface area contributed by atoms with Gasteiger partial charge in [0.15, 0.2) is 11.2 Å². The summed E-state index contributed by atoms with van der Waals surface area (Å²) in [6.07, 6.45) is 0.149. The topological polar surface area (TPSA) is 188 Å². The Morgan fingerprint density at radius 2 is 2.13 bits per heavy atom. The summed E-state index contributed by atoms with van der Waals surface area (Å²) in [7, 11) is -4.94. The van der Waals surface area contributed by atoms with Crippen molar-refractivity contribution in [1.29, 1.82) is 0 Å². The summed E-state index contributed by atoms with van der Waals surface area (Å²) in [4.78, 5) is 52.2. The average Bonchev–Trinajstić information content (AvgIpc) is 3.00. The molecule has 2 atom stereocenters. The molecule has 23 heavy (non-hydrogen) atoms. The molecule has 12 nitrogen and oxygen atoms in total. The van der Waals surface area contributed by atoms with Crippen LogP contribution < -0.4 is 11.3 Å². The van der Waals surface area contributed by atoms with E-state index in [1.165, 1.54) is 10.9 Å². The number of nitrogen functional groups attached to an aromatic ring is 1. The van der Waals surface area contributed by atoms with Crippen LogP contribution in [0.25, 0.3) is 11.2 Å². The molecule has 0 unspecified atom stereocenters. The van der Waals surface area contributed by atoms with Gasteiger partial charge in [-0.2, -0.15) is 4.98 Å². The van der Waals surface area contributed by atoms with Crippen molar-refractivity contribution in [3.8, 4) is 0 Å². The van der Waals surface area contributed by atoms with E-state index in [2.05, 4.69) is 15.0 Å². The first kappa shape index (κ1) is 15.6. The number of aromatic amines is 1. The van der Waals surface area contributed by atoms with Crippen LogP contribution in [0, 0.1) is 0 Å². The van der Waals surface area contributed by atoms with Crippen LogP contribution in [-0.4, -0.2) is 64.2 Å². The van der Waals surface area contributed by atoms with E-state index in [1.807, 2.05) is 0 Å². The Kier molecular flexibility index (Phi) is 3.48. The molecule has 3 heterocycles. The van der Waals surface area contributed by atoms with Gasteiger partial charge in [-0.15, -0.1) is 0 Å². The molecular formula is C10H13N6O6P. The largest absolute Gasteiger partial charge is 0.413 e. The SMILES string of the molecule is Nc1nc2c(ncn2[C@H]2CN(C(=O)P(=O)(O)O)C[C@H]2O)c(=O)[nH]1. The third-order valence-electron chi connectivity index (χ3n) is 3.59. The lowest BCUT2D eigenvalue weighted by molar-refractivity contribution is 0.147. The number of hydrogen-bond acceptors (Lipinski definition) is 7. The third-order valence-corrected chi connectivity index (χ3v) is 4.37. The Morgan fingerprint density at radius 1 is 1.43 bits per heavy atom. The zero-order chi connectivity index (χ0) is 16.9. The second-order valence-corrected chi connectivity index (χ2v) is 6.61. The minimum atomic E-state index is -4.94. The Labute approximate surface area is 127 Å². The summed E-state index contributed by atoms with van der Waals surface area (Å²) >= 11 is 0. The van der Waals surface area contributed by atoms with Crippen LogP contribution in [0.4, 0.5) is 10.7 Å². The van der Waals surface area contributed by atoms with Gasteiger partial charge in [0.2, 0.25) is 5.95 Å². The third kappa shape index (κ3) is 2.61. The highest BCUT2D eigenvalue weighted by Gasteiger charge is 2.41. The van der Waals surface area contributed by atoms with E-state index in [0.717, 1.165) is 4.90 Å². The van der Waals surface area contributed by atoms with Crippen LogP contribution in [0.15, 0.2) is 11.1 Å². The molecule has 1 fully saturated rings. The fraction of sp³-hybridized carbons (Fsp3) is 0.400. The molecule has 6 N–H and O–H groups in total. The second-order valence-electron chi connectivity index (χ2n) is 5.14. The monoisotopic (exact) mass is 344 g/mol. The molecule has 1 aliphatic heterocycles. The van der Waals surface area contributed by atoms with Gasteiger partial charge in [-0.25, -0.2) is 9.55 Å². The van der Waals surface area contributed by atoms with Crippen molar-refractivity contribution < 1.29 is 24.3 Å². The van der Waals surface area contributed by atoms with Gasteiger partial charge in [-0.3, -0.25) is 14.6 Å². The number of H-pyrrole nitrogens is 1. The van der Waals surface area contributed by atoms with Crippen molar-refractivity contribution in [2.75, 3.05) is 18.8 Å². The molecule has 2 aromatic rings. The lowest BCUT2D eigenvalue weighted by atomic mass is 10.2. The van der Waals surface area contributed by atoms with E-state index in [1.54, 1.807) is 0 Å². The highest BCUT2D eigenvalue weighted by atomic mass is 31.2. The summed E-state index contributed by atoms with van der Waals surface area (Å²) in [5.74, 6) is -0.139. The summed E-state index contributed by atoms with van der Waals surface area (Å²) in [5, 5.41) is 10.1. The number of carbonyl (C=O) groups excluding carboxylic acids is 1. The quantitative estimate of drug-likeness (QED) is 0.392. The summed E-state index contributed by atoms with van der Waals surface area (Å²) in [6, 6.07) is -0.760. The van der Waals surface area contributed by atoms with Gasteiger partial charge in [0.05, 0.1) is 18.5 Å². The fourth-order valence-electron chi connectivity index (χ4n) is 2.57. The van der Waals surface area contributed by atoms with Gasteiger partial charge in [0.1, 0.15) is 0 Å². The van der Waals surface area contributed by atoms with Crippen molar-refractivity contribution in [2.45, 2.75) is 12.1 Å². The number of rotatable bonds is 2. The number of carbonyl (C=O) groups is 1. The Bertz CT molecular complexity index is 886.